The SMILES string of the molecule is [CH2]CC/C=C1/OC(=O)c2ccccc21. The van der Waals surface area contributed by atoms with Crippen LogP contribution in [0.3, 0.4) is 0 Å². The molecule has 0 saturated heterocycles. The van der Waals surface area contributed by atoms with Gasteiger partial charge in [-0.3, -0.25) is 0 Å². The van der Waals surface area contributed by atoms with Crippen LogP contribution in [0, 0.1) is 6.92 Å². The Morgan fingerprint density at radius 1 is 1.29 bits per heavy atom. The molecule has 2 nitrogen and oxygen atoms in total. The molecule has 0 aliphatic carbocycles. The molecule has 1 aromatic rings. The van der Waals surface area contributed by atoms with Crippen LogP contribution in [-0.2, 0) is 4.74 Å². The Hall–Kier alpha value is -1.57. The molecule has 1 radical (unpaired) electrons. The molecule has 0 saturated carbocycles. The summed E-state index contributed by atoms with van der Waals surface area (Å²) in [6, 6.07) is 7.42. The smallest absolute Gasteiger partial charge is 0.344 e. The predicted octanol–water partition coefficient (Wildman–Crippen LogP) is 2.81. The van der Waals surface area contributed by atoms with Gasteiger partial charge in [0.2, 0.25) is 0 Å². The molecule has 1 aromatic carbocycles. The molecule has 0 atom stereocenters. The van der Waals surface area contributed by atoms with E-state index in [9.17, 15) is 4.79 Å². The maximum absolute atomic E-state index is 11.4. The normalized spacial score (nSPS) is 16.9. The highest BCUT2D eigenvalue weighted by Crippen LogP contribution is 2.29. The number of carbonyl (C=O) groups is 1. The molecule has 0 N–H and O–H groups in total. The van der Waals surface area contributed by atoms with E-state index >= 15 is 0 Å². The van der Waals surface area contributed by atoms with Gasteiger partial charge in [0, 0.05) is 5.56 Å². The van der Waals surface area contributed by atoms with Crippen LogP contribution in [-0.4, -0.2) is 5.97 Å². The highest BCUT2D eigenvalue weighted by atomic mass is 16.5. The van der Waals surface area contributed by atoms with E-state index in [2.05, 4.69) is 6.92 Å². The van der Waals surface area contributed by atoms with Crippen molar-refractivity contribution in [1.29, 1.82) is 0 Å². The summed E-state index contributed by atoms with van der Waals surface area (Å²) in [4.78, 5) is 11.4. The molecule has 14 heavy (non-hydrogen) atoms. The third-order valence-electron chi connectivity index (χ3n) is 2.15. The van der Waals surface area contributed by atoms with Crippen LogP contribution in [0.5, 0.6) is 0 Å². The molecule has 2 heteroatoms. The van der Waals surface area contributed by atoms with Gasteiger partial charge in [0.15, 0.2) is 0 Å². The van der Waals surface area contributed by atoms with E-state index in [-0.39, 0.29) is 5.97 Å². The minimum absolute atomic E-state index is 0.254. The van der Waals surface area contributed by atoms with Gasteiger partial charge in [0.05, 0.1) is 5.56 Å². The monoisotopic (exact) mass is 187 g/mol. The van der Waals surface area contributed by atoms with Crippen LogP contribution >= 0.6 is 0 Å². The van der Waals surface area contributed by atoms with E-state index in [0.717, 1.165) is 18.4 Å². The van der Waals surface area contributed by atoms with E-state index in [4.69, 9.17) is 4.74 Å². The Bertz CT molecular complexity index is 391. The van der Waals surface area contributed by atoms with E-state index < -0.39 is 0 Å². The number of fused-ring (bicyclic) bond motifs is 1. The molecule has 0 fully saturated rings. The molecule has 71 valence electrons. The van der Waals surface area contributed by atoms with Gasteiger partial charge in [0.25, 0.3) is 0 Å². The summed E-state index contributed by atoms with van der Waals surface area (Å²) in [6.07, 6.45) is 3.55. The van der Waals surface area contributed by atoms with Crippen LogP contribution in [0.2, 0.25) is 0 Å². The van der Waals surface area contributed by atoms with Crippen molar-refractivity contribution in [3.05, 3.63) is 48.4 Å². The molecule has 0 amide bonds. The lowest BCUT2D eigenvalue weighted by Gasteiger charge is -1.96. The molecule has 0 unspecified atom stereocenters. The van der Waals surface area contributed by atoms with Crippen molar-refractivity contribution in [2.24, 2.45) is 0 Å². The number of benzene rings is 1. The molecule has 0 spiro atoms. The lowest BCUT2D eigenvalue weighted by Crippen LogP contribution is -1.92. The van der Waals surface area contributed by atoms with Crippen LogP contribution < -0.4 is 0 Å². The quantitative estimate of drug-likeness (QED) is 0.665. The van der Waals surface area contributed by atoms with Crippen molar-refractivity contribution >= 4 is 11.7 Å². The lowest BCUT2D eigenvalue weighted by molar-refractivity contribution is 0.0715. The molecule has 0 bridgehead atoms. The second kappa shape index (κ2) is 3.66. The number of rotatable bonds is 2. The molecular weight excluding hydrogens is 176 g/mol. The van der Waals surface area contributed by atoms with Crippen LogP contribution in [0.15, 0.2) is 30.3 Å². The van der Waals surface area contributed by atoms with Gasteiger partial charge in [-0.2, -0.15) is 0 Å². The highest BCUT2D eigenvalue weighted by Gasteiger charge is 2.24. The van der Waals surface area contributed by atoms with Crippen molar-refractivity contribution in [2.45, 2.75) is 12.8 Å². The van der Waals surface area contributed by atoms with Crippen molar-refractivity contribution in [3.63, 3.8) is 0 Å². The first-order valence-corrected chi connectivity index (χ1v) is 4.64. The standard InChI is InChI=1S/C12H11O2/c1-2-3-8-11-9-6-4-5-7-10(9)12(13)14-11/h4-8H,1-3H2/b11-8+. The number of cyclic esters (lactones) is 1. The summed E-state index contributed by atoms with van der Waals surface area (Å²) in [5.74, 6) is 0.421. The Morgan fingerprint density at radius 2 is 2.00 bits per heavy atom. The first-order valence-electron chi connectivity index (χ1n) is 4.64. The fraction of sp³-hybridized carbons (Fsp3) is 0.167. The van der Waals surface area contributed by atoms with Gasteiger partial charge in [-0.25, -0.2) is 4.79 Å². The number of ether oxygens (including phenoxy) is 1. The minimum Gasteiger partial charge on any atom is -0.423 e. The number of allylic oxidation sites excluding steroid dienone is 1. The zero-order valence-electron chi connectivity index (χ0n) is 7.82. The molecule has 1 aliphatic rings. The van der Waals surface area contributed by atoms with Gasteiger partial charge in [-0.15, -0.1) is 0 Å². The average Bonchev–Trinajstić information content (AvgIpc) is 2.54. The summed E-state index contributed by atoms with van der Waals surface area (Å²) in [7, 11) is 0. The minimum atomic E-state index is -0.254. The average molecular weight is 187 g/mol. The number of hydrogen-bond donors (Lipinski definition) is 0. The summed E-state index contributed by atoms with van der Waals surface area (Å²) >= 11 is 0. The van der Waals surface area contributed by atoms with Crippen LogP contribution in [0.1, 0.15) is 28.8 Å². The van der Waals surface area contributed by atoms with E-state index in [1.54, 1.807) is 6.07 Å². The number of hydrogen-bond acceptors (Lipinski definition) is 2. The maximum atomic E-state index is 11.4. The fourth-order valence-electron chi connectivity index (χ4n) is 1.47. The Labute approximate surface area is 83.2 Å². The largest absolute Gasteiger partial charge is 0.423 e. The first kappa shape index (κ1) is 9.00. The first-order chi connectivity index (χ1) is 6.83. The van der Waals surface area contributed by atoms with E-state index in [1.807, 2.05) is 24.3 Å². The molecule has 0 aromatic heterocycles. The molecule has 1 heterocycles. The molecule has 1 aliphatic heterocycles. The Kier molecular flexibility index (Phi) is 2.35. The third kappa shape index (κ3) is 1.43. The molecular formula is C12H11O2. The number of carbonyl (C=O) groups excluding carboxylic acids is 1. The second-order valence-corrected chi connectivity index (χ2v) is 3.15. The van der Waals surface area contributed by atoms with Gasteiger partial charge < -0.3 is 4.74 Å². The van der Waals surface area contributed by atoms with Gasteiger partial charge in [-0.05, 0) is 25.0 Å². The second-order valence-electron chi connectivity index (χ2n) is 3.15. The van der Waals surface area contributed by atoms with Crippen LogP contribution in [0.25, 0.3) is 5.76 Å². The zero-order valence-corrected chi connectivity index (χ0v) is 7.82. The van der Waals surface area contributed by atoms with Crippen molar-refractivity contribution in [1.82, 2.24) is 0 Å². The predicted molar refractivity (Wildman–Crippen MR) is 54.4 cm³/mol. The number of esters is 1. The highest BCUT2D eigenvalue weighted by molar-refractivity contribution is 6.02. The Balaban J connectivity index is 2.39. The van der Waals surface area contributed by atoms with Crippen molar-refractivity contribution in [3.8, 4) is 0 Å². The topological polar surface area (TPSA) is 26.3 Å². The van der Waals surface area contributed by atoms with Crippen LogP contribution in [0.4, 0.5) is 0 Å². The van der Waals surface area contributed by atoms with Gasteiger partial charge in [0.1, 0.15) is 5.76 Å². The molecule has 2 rings (SSSR count). The number of unbranched alkanes of at least 4 members (excludes halogenated alkanes) is 1. The summed E-state index contributed by atoms with van der Waals surface area (Å²) in [6.45, 7) is 3.74. The zero-order chi connectivity index (χ0) is 9.97. The third-order valence-corrected chi connectivity index (χ3v) is 2.15. The summed E-state index contributed by atoms with van der Waals surface area (Å²) < 4.78 is 5.13. The van der Waals surface area contributed by atoms with E-state index in [0.29, 0.717) is 11.3 Å². The maximum Gasteiger partial charge on any atom is 0.344 e. The Morgan fingerprint density at radius 3 is 2.71 bits per heavy atom. The summed E-state index contributed by atoms with van der Waals surface area (Å²) in [5, 5.41) is 0. The van der Waals surface area contributed by atoms with E-state index in [1.165, 1.54) is 0 Å². The van der Waals surface area contributed by atoms with Gasteiger partial charge >= 0.3 is 5.97 Å². The van der Waals surface area contributed by atoms with Crippen molar-refractivity contribution in [2.75, 3.05) is 0 Å². The van der Waals surface area contributed by atoms with Gasteiger partial charge in [-0.1, -0.05) is 25.1 Å². The lowest BCUT2D eigenvalue weighted by atomic mass is 10.1. The van der Waals surface area contributed by atoms with Crippen molar-refractivity contribution < 1.29 is 9.53 Å². The summed E-state index contributed by atoms with van der Waals surface area (Å²) in [5.41, 5.74) is 1.55. The fourth-order valence-corrected chi connectivity index (χ4v) is 1.47.